The average Bonchev–Trinajstić information content (AvgIpc) is 3.20. The van der Waals surface area contributed by atoms with E-state index in [1.165, 1.54) is 0 Å². The zero-order chi connectivity index (χ0) is 24.3. The van der Waals surface area contributed by atoms with Crippen molar-refractivity contribution < 1.29 is 17.9 Å². The van der Waals surface area contributed by atoms with Crippen LogP contribution in [-0.4, -0.2) is 61.5 Å². The maximum atomic E-state index is 13.1. The van der Waals surface area contributed by atoms with Crippen LogP contribution in [0, 0.1) is 0 Å². The van der Waals surface area contributed by atoms with E-state index in [0.717, 1.165) is 54.2 Å². The van der Waals surface area contributed by atoms with Crippen molar-refractivity contribution in [3.8, 4) is 11.5 Å². The number of rotatable bonds is 9. The molecule has 0 aliphatic carbocycles. The number of fused-ring (bicyclic) bond motifs is 1. The monoisotopic (exact) mass is 486 g/mol. The summed E-state index contributed by atoms with van der Waals surface area (Å²) in [6.45, 7) is 5.31. The molecular weight excluding hydrogens is 452 g/mol. The lowest BCUT2D eigenvalue weighted by atomic mass is 10.2. The van der Waals surface area contributed by atoms with E-state index in [-0.39, 0.29) is 0 Å². The highest BCUT2D eigenvalue weighted by atomic mass is 32.2. The minimum atomic E-state index is -3.49. The Kier molecular flexibility index (Phi) is 7.45. The molecule has 0 unspecified atom stereocenters. The molecule has 0 atom stereocenters. The first-order valence-corrected chi connectivity index (χ1v) is 13.2. The third-order valence-corrected chi connectivity index (χ3v) is 8.31. The molecule has 1 saturated heterocycles. The van der Waals surface area contributed by atoms with Gasteiger partial charge >= 0.3 is 0 Å². The Hall–Kier alpha value is -2.62. The molecule has 2 heterocycles. The number of ether oxygens (including phenoxy) is 2. The van der Waals surface area contributed by atoms with E-state index in [9.17, 15) is 8.42 Å². The van der Waals surface area contributed by atoms with Gasteiger partial charge in [0, 0.05) is 37.8 Å². The van der Waals surface area contributed by atoms with Gasteiger partial charge in [-0.1, -0.05) is 12.5 Å². The minimum Gasteiger partial charge on any atom is -0.497 e. The number of aromatic nitrogens is 2. The molecule has 0 radical (unpaired) electrons. The Morgan fingerprint density at radius 2 is 1.76 bits per heavy atom. The van der Waals surface area contributed by atoms with Gasteiger partial charge in [-0.3, -0.25) is 4.90 Å². The van der Waals surface area contributed by atoms with E-state index in [4.69, 9.17) is 14.5 Å². The van der Waals surface area contributed by atoms with Gasteiger partial charge in [0.25, 0.3) is 0 Å². The van der Waals surface area contributed by atoms with Crippen molar-refractivity contribution >= 4 is 21.1 Å². The number of nitrogens with zero attached hydrogens (tertiary/aromatic N) is 4. The second kappa shape index (κ2) is 10.3. The topological polar surface area (TPSA) is 76.9 Å². The summed E-state index contributed by atoms with van der Waals surface area (Å²) in [5.74, 6) is 2.44. The number of aryl methyl sites for hydroxylation is 1. The smallest absolute Gasteiger partial charge is 0.243 e. The number of benzene rings is 2. The fourth-order valence-corrected chi connectivity index (χ4v) is 6.16. The van der Waals surface area contributed by atoms with Crippen LogP contribution in [-0.2, 0) is 29.7 Å². The zero-order valence-electron chi connectivity index (χ0n) is 20.5. The summed E-state index contributed by atoms with van der Waals surface area (Å²) in [6.07, 6.45) is 2.92. The summed E-state index contributed by atoms with van der Waals surface area (Å²) in [5, 5.41) is 0. The van der Waals surface area contributed by atoms with Crippen LogP contribution in [0.15, 0.2) is 41.3 Å². The van der Waals surface area contributed by atoms with Crippen molar-refractivity contribution in [2.45, 2.75) is 50.7 Å². The van der Waals surface area contributed by atoms with Crippen molar-refractivity contribution in [3.05, 3.63) is 47.8 Å². The molecule has 0 spiro atoms. The first-order chi connectivity index (χ1) is 16.4. The summed E-state index contributed by atoms with van der Waals surface area (Å²) in [7, 11) is 1.84. The Morgan fingerprint density at radius 3 is 2.44 bits per heavy atom. The molecule has 184 valence electrons. The molecule has 2 aromatic carbocycles. The number of sulfonamides is 1. The van der Waals surface area contributed by atoms with E-state index in [0.29, 0.717) is 36.6 Å². The Morgan fingerprint density at radius 1 is 1.00 bits per heavy atom. The van der Waals surface area contributed by atoms with Crippen LogP contribution < -0.4 is 9.47 Å². The van der Waals surface area contributed by atoms with E-state index in [1.807, 2.05) is 31.3 Å². The zero-order valence-corrected chi connectivity index (χ0v) is 21.3. The van der Waals surface area contributed by atoms with Crippen LogP contribution in [0.4, 0.5) is 0 Å². The number of hydrogen-bond acceptors (Lipinski definition) is 6. The predicted molar refractivity (Wildman–Crippen MR) is 133 cm³/mol. The van der Waals surface area contributed by atoms with Crippen molar-refractivity contribution in [2.24, 2.45) is 0 Å². The normalized spacial score (nSPS) is 15.2. The largest absolute Gasteiger partial charge is 0.497 e. The summed E-state index contributed by atoms with van der Waals surface area (Å²) in [6, 6.07) is 11.1. The van der Waals surface area contributed by atoms with Gasteiger partial charge in [-0.25, -0.2) is 13.4 Å². The molecular formula is C25H34N4O4S. The standard InChI is InChI=1S/C25H34N4O4S/c1-5-29-23-12-11-21(34(30,31)28-13-7-6-8-14-28)16-22(23)26-25(29)18-27(2)17-19-9-10-20(32-3)15-24(19)33-4/h9-12,15-16H,5-8,13-14,17-18H2,1-4H3. The number of piperidine rings is 1. The predicted octanol–water partition coefficient (Wildman–Crippen LogP) is 3.88. The molecule has 0 bridgehead atoms. The van der Waals surface area contributed by atoms with Gasteiger partial charge in [-0.15, -0.1) is 0 Å². The molecule has 1 aliphatic rings. The number of hydrogen-bond donors (Lipinski definition) is 0. The van der Waals surface area contributed by atoms with Crippen molar-refractivity contribution in [1.29, 1.82) is 0 Å². The summed E-state index contributed by atoms with van der Waals surface area (Å²) < 4.78 is 40.9. The fourth-order valence-electron chi connectivity index (χ4n) is 4.62. The highest BCUT2D eigenvalue weighted by Gasteiger charge is 2.26. The molecule has 3 aromatic rings. The van der Waals surface area contributed by atoms with Gasteiger partial charge in [0.15, 0.2) is 0 Å². The lowest BCUT2D eigenvalue weighted by molar-refractivity contribution is 0.298. The molecule has 0 saturated carbocycles. The first kappa shape index (κ1) is 24.5. The first-order valence-electron chi connectivity index (χ1n) is 11.8. The molecule has 0 amide bonds. The molecule has 4 rings (SSSR count). The molecule has 1 aromatic heterocycles. The fraction of sp³-hybridized carbons (Fsp3) is 0.480. The number of methoxy groups -OCH3 is 2. The molecule has 9 heteroatoms. The molecule has 1 aliphatic heterocycles. The van der Waals surface area contributed by atoms with Gasteiger partial charge in [-0.2, -0.15) is 4.31 Å². The van der Waals surface area contributed by atoms with Crippen LogP contribution in [0.3, 0.4) is 0 Å². The summed E-state index contributed by atoms with van der Waals surface area (Å²) in [5.41, 5.74) is 2.72. The summed E-state index contributed by atoms with van der Waals surface area (Å²) >= 11 is 0. The van der Waals surface area contributed by atoms with Crippen molar-refractivity contribution in [2.75, 3.05) is 34.4 Å². The average molecular weight is 487 g/mol. The maximum Gasteiger partial charge on any atom is 0.243 e. The SMILES string of the molecule is CCn1c(CN(C)Cc2ccc(OC)cc2OC)nc2cc(S(=O)(=O)N3CCCCC3)ccc21. The third kappa shape index (κ3) is 4.92. The second-order valence-corrected chi connectivity index (χ2v) is 10.7. The Balaban J connectivity index is 1.58. The quantitative estimate of drug-likeness (QED) is 0.457. The lowest BCUT2D eigenvalue weighted by Gasteiger charge is -2.25. The Labute approximate surface area is 202 Å². The molecule has 34 heavy (non-hydrogen) atoms. The molecule has 1 fully saturated rings. The van der Waals surface area contributed by atoms with Crippen LogP contribution in [0.2, 0.25) is 0 Å². The van der Waals surface area contributed by atoms with Gasteiger partial charge in [0.1, 0.15) is 17.3 Å². The van der Waals surface area contributed by atoms with Crippen molar-refractivity contribution in [1.82, 2.24) is 18.8 Å². The number of imidazole rings is 1. The van der Waals surface area contributed by atoms with E-state index < -0.39 is 10.0 Å². The van der Waals surface area contributed by atoms with Crippen LogP contribution in [0.5, 0.6) is 11.5 Å². The third-order valence-electron chi connectivity index (χ3n) is 6.41. The second-order valence-electron chi connectivity index (χ2n) is 8.74. The van der Waals surface area contributed by atoms with E-state index in [1.54, 1.807) is 30.7 Å². The van der Waals surface area contributed by atoms with E-state index in [2.05, 4.69) is 16.4 Å². The molecule has 8 nitrogen and oxygen atoms in total. The van der Waals surface area contributed by atoms with E-state index >= 15 is 0 Å². The van der Waals surface area contributed by atoms with Gasteiger partial charge < -0.3 is 14.0 Å². The lowest BCUT2D eigenvalue weighted by Crippen LogP contribution is -2.35. The van der Waals surface area contributed by atoms with Crippen LogP contribution in [0.25, 0.3) is 11.0 Å². The van der Waals surface area contributed by atoms with Crippen LogP contribution >= 0.6 is 0 Å². The van der Waals surface area contributed by atoms with Crippen LogP contribution in [0.1, 0.15) is 37.6 Å². The molecule has 0 N–H and O–H groups in total. The Bertz CT molecular complexity index is 1250. The van der Waals surface area contributed by atoms with Crippen molar-refractivity contribution in [3.63, 3.8) is 0 Å². The van der Waals surface area contributed by atoms with Gasteiger partial charge in [0.2, 0.25) is 10.0 Å². The van der Waals surface area contributed by atoms with Gasteiger partial charge in [-0.05, 0) is 51.1 Å². The highest BCUT2D eigenvalue weighted by Crippen LogP contribution is 2.27. The summed E-state index contributed by atoms with van der Waals surface area (Å²) in [4.78, 5) is 7.34. The maximum absolute atomic E-state index is 13.1. The minimum absolute atomic E-state index is 0.325. The van der Waals surface area contributed by atoms with Gasteiger partial charge in [0.05, 0.1) is 36.7 Å². The highest BCUT2D eigenvalue weighted by molar-refractivity contribution is 7.89.